The van der Waals surface area contributed by atoms with E-state index in [9.17, 15) is 9.00 Å². The van der Waals surface area contributed by atoms with Crippen LogP contribution in [0.5, 0.6) is 28.7 Å². The minimum atomic E-state index is -1.26. The SMILES string of the molecule is CCCCOc1cc2c(cc1C(=O)C=Cc1c(OC)cc(OC)cc1OC)OCS2=O. The molecule has 31 heavy (non-hydrogen) atoms. The number of fused-ring (bicyclic) bond motifs is 1. The molecule has 1 atom stereocenters. The smallest absolute Gasteiger partial charge is 0.189 e. The van der Waals surface area contributed by atoms with Gasteiger partial charge >= 0.3 is 0 Å². The van der Waals surface area contributed by atoms with Crippen LogP contribution in [-0.2, 0) is 10.8 Å². The summed E-state index contributed by atoms with van der Waals surface area (Å²) in [5.41, 5.74) is 0.947. The molecule has 2 aromatic rings. The summed E-state index contributed by atoms with van der Waals surface area (Å²) in [7, 11) is 3.36. The van der Waals surface area contributed by atoms with Gasteiger partial charge in [-0.15, -0.1) is 0 Å². The molecule has 166 valence electrons. The van der Waals surface area contributed by atoms with Gasteiger partial charge < -0.3 is 23.7 Å². The van der Waals surface area contributed by atoms with Gasteiger partial charge in [0.25, 0.3) is 0 Å². The molecule has 7 nitrogen and oxygen atoms in total. The number of hydrogen-bond acceptors (Lipinski definition) is 7. The summed E-state index contributed by atoms with van der Waals surface area (Å²) < 4.78 is 39.5. The van der Waals surface area contributed by atoms with E-state index < -0.39 is 10.8 Å². The van der Waals surface area contributed by atoms with Gasteiger partial charge in [0.2, 0.25) is 0 Å². The monoisotopic (exact) mass is 446 g/mol. The third-order valence-electron chi connectivity index (χ3n) is 4.79. The second kappa shape index (κ2) is 10.3. The third kappa shape index (κ3) is 5.02. The molecule has 0 fully saturated rings. The molecular weight excluding hydrogens is 420 g/mol. The maximum absolute atomic E-state index is 13.1. The quantitative estimate of drug-likeness (QED) is 0.307. The number of ether oxygens (including phenoxy) is 5. The number of carbonyl (C=O) groups excluding carboxylic acids is 1. The Kier molecular flexibility index (Phi) is 7.57. The number of hydrogen-bond donors (Lipinski definition) is 0. The van der Waals surface area contributed by atoms with E-state index in [4.69, 9.17) is 23.7 Å². The van der Waals surface area contributed by atoms with Crippen LogP contribution in [0.4, 0.5) is 0 Å². The van der Waals surface area contributed by atoms with Crippen LogP contribution in [0.2, 0.25) is 0 Å². The second-order valence-corrected chi connectivity index (χ2v) is 8.11. The van der Waals surface area contributed by atoms with E-state index >= 15 is 0 Å². The van der Waals surface area contributed by atoms with Crippen molar-refractivity contribution in [2.24, 2.45) is 0 Å². The maximum Gasteiger partial charge on any atom is 0.189 e. The van der Waals surface area contributed by atoms with Crippen molar-refractivity contribution in [1.29, 1.82) is 0 Å². The highest BCUT2D eigenvalue weighted by atomic mass is 32.2. The van der Waals surface area contributed by atoms with Crippen LogP contribution in [0.15, 0.2) is 35.2 Å². The first-order valence-corrected chi connectivity index (χ1v) is 11.2. The molecule has 0 saturated heterocycles. The highest BCUT2D eigenvalue weighted by Gasteiger charge is 2.25. The molecular formula is C23H26O7S. The molecule has 1 heterocycles. The van der Waals surface area contributed by atoms with Crippen LogP contribution in [-0.4, -0.2) is 43.9 Å². The lowest BCUT2D eigenvalue weighted by Gasteiger charge is -2.13. The zero-order valence-electron chi connectivity index (χ0n) is 18.1. The average molecular weight is 447 g/mol. The number of rotatable bonds is 10. The van der Waals surface area contributed by atoms with Crippen LogP contribution in [0.25, 0.3) is 6.08 Å². The lowest BCUT2D eigenvalue weighted by Crippen LogP contribution is -2.04. The van der Waals surface area contributed by atoms with Gasteiger partial charge in [0.15, 0.2) is 11.7 Å². The summed E-state index contributed by atoms with van der Waals surface area (Å²) in [4.78, 5) is 13.6. The molecule has 8 heteroatoms. The second-order valence-electron chi connectivity index (χ2n) is 6.75. The van der Waals surface area contributed by atoms with E-state index in [0.29, 0.717) is 51.4 Å². The molecule has 0 spiro atoms. The van der Waals surface area contributed by atoms with E-state index in [-0.39, 0.29) is 11.7 Å². The van der Waals surface area contributed by atoms with Crippen molar-refractivity contribution in [2.75, 3.05) is 33.9 Å². The topological polar surface area (TPSA) is 80.3 Å². The lowest BCUT2D eigenvalue weighted by molar-refractivity contribution is 0.104. The molecule has 1 aliphatic rings. The fraction of sp³-hybridized carbons (Fsp3) is 0.348. The largest absolute Gasteiger partial charge is 0.496 e. The summed E-state index contributed by atoms with van der Waals surface area (Å²) in [6, 6.07) is 6.66. The van der Waals surface area contributed by atoms with Crippen LogP contribution < -0.4 is 23.7 Å². The Bertz CT molecular complexity index is 988. The van der Waals surface area contributed by atoms with Gasteiger partial charge in [-0.3, -0.25) is 9.00 Å². The number of carbonyl (C=O) groups is 1. The van der Waals surface area contributed by atoms with Gasteiger partial charge in [0, 0.05) is 18.2 Å². The fourth-order valence-corrected chi connectivity index (χ4v) is 4.04. The zero-order chi connectivity index (χ0) is 22.4. The summed E-state index contributed by atoms with van der Waals surface area (Å²) in [6.07, 6.45) is 4.86. The van der Waals surface area contributed by atoms with Crippen LogP contribution in [0.3, 0.4) is 0 Å². The molecule has 1 aliphatic heterocycles. The van der Waals surface area contributed by atoms with Crippen molar-refractivity contribution >= 4 is 22.7 Å². The van der Waals surface area contributed by atoms with E-state index in [1.54, 1.807) is 37.5 Å². The Balaban J connectivity index is 1.96. The highest BCUT2D eigenvalue weighted by Crippen LogP contribution is 2.37. The third-order valence-corrected chi connectivity index (χ3v) is 5.93. The van der Waals surface area contributed by atoms with Gasteiger partial charge in [0.05, 0.1) is 54.8 Å². The van der Waals surface area contributed by atoms with Crippen LogP contribution >= 0.6 is 0 Å². The first-order chi connectivity index (χ1) is 15.0. The van der Waals surface area contributed by atoms with E-state index in [1.165, 1.54) is 20.3 Å². The zero-order valence-corrected chi connectivity index (χ0v) is 18.9. The predicted molar refractivity (Wildman–Crippen MR) is 118 cm³/mol. The molecule has 0 bridgehead atoms. The van der Waals surface area contributed by atoms with Crippen LogP contribution in [0, 0.1) is 0 Å². The average Bonchev–Trinajstić information content (AvgIpc) is 3.16. The molecule has 0 radical (unpaired) electrons. The Hall–Kier alpha value is -3.00. The number of methoxy groups -OCH3 is 3. The first kappa shape index (κ1) is 22.7. The van der Waals surface area contributed by atoms with Gasteiger partial charge in [-0.2, -0.15) is 0 Å². The Morgan fingerprint density at radius 1 is 1.06 bits per heavy atom. The summed E-state index contributed by atoms with van der Waals surface area (Å²) in [5.74, 6) is 2.23. The summed E-state index contributed by atoms with van der Waals surface area (Å²) in [5, 5.41) is 0. The van der Waals surface area contributed by atoms with Crippen molar-refractivity contribution < 1.29 is 32.7 Å². The van der Waals surface area contributed by atoms with E-state index in [1.807, 2.05) is 0 Å². The molecule has 0 N–H and O–H groups in total. The molecule has 3 rings (SSSR count). The number of ketones is 1. The number of benzene rings is 2. The lowest BCUT2D eigenvalue weighted by atomic mass is 10.1. The normalized spacial score (nSPS) is 14.8. The molecule has 2 aromatic carbocycles. The Morgan fingerprint density at radius 3 is 2.39 bits per heavy atom. The van der Waals surface area contributed by atoms with E-state index in [2.05, 4.69) is 6.92 Å². The van der Waals surface area contributed by atoms with Crippen molar-refractivity contribution in [3.63, 3.8) is 0 Å². The minimum Gasteiger partial charge on any atom is -0.496 e. The van der Waals surface area contributed by atoms with Gasteiger partial charge in [0.1, 0.15) is 28.7 Å². The molecule has 1 unspecified atom stereocenters. The van der Waals surface area contributed by atoms with Crippen molar-refractivity contribution in [1.82, 2.24) is 0 Å². The number of unbranched alkanes of at least 4 members (excludes halogenated alkanes) is 1. The molecule has 0 saturated carbocycles. The predicted octanol–water partition coefficient (Wildman–Crippen LogP) is 4.24. The molecule has 0 aliphatic carbocycles. The van der Waals surface area contributed by atoms with Crippen molar-refractivity contribution in [3.05, 3.63) is 41.5 Å². The van der Waals surface area contributed by atoms with Crippen LogP contribution in [0.1, 0.15) is 35.7 Å². The number of allylic oxidation sites excluding steroid dienone is 1. The van der Waals surface area contributed by atoms with E-state index in [0.717, 1.165) is 12.8 Å². The van der Waals surface area contributed by atoms with Gasteiger partial charge in [-0.25, -0.2) is 0 Å². The van der Waals surface area contributed by atoms with Crippen molar-refractivity contribution in [3.8, 4) is 28.7 Å². The molecule has 0 amide bonds. The van der Waals surface area contributed by atoms with Gasteiger partial charge in [-0.1, -0.05) is 13.3 Å². The Labute approximate surface area is 184 Å². The minimum absolute atomic E-state index is 0.0808. The summed E-state index contributed by atoms with van der Waals surface area (Å²) in [6.45, 7) is 2.52. The molecule has 0 aromatic heterocycles. The Morgan fingerprint density at radius 2 is 1.77 bits per heavy atom. The highest BCUT2D eigenvalue weighted by molar-refractivity contribution is 7.85. The van der Waals surface area contributed by atoms with Gasteiger partial charge in [-0.05, 0) is 24.6 Å². The fourth-order valence-electron chi connectivity index (χ4n) is 3.10. The maximum atomic E-state index is 13.1. The summed E-state index contributed by atoms with van der Waals surface area (Å²) >= 11 is 0. The van der Waals surface area contributed by atoms with Crippen molar-refractivity contribution in [2.45, 2.75) is 24.7 Å². The first-order valence-electron chi connectivity index (χ1n) is 9.86. The standard InChI is InChI=1S/C23H26O7S/c1-5-6-9-29-21-13-23-22(30-14-31(23)25)12-17(21)18(24)8-7-16-19(27-3)10-15(26-2)11-20(16)28-4/h7-8,10-13H,5-6,9,14H2,1-4H3.